The highest BCUT2D eigenvalue weighted by Gasteiger charge is 2.53. The zero-order valence-electron chi connectivity index (χ0n) is 13.8. The highest BCUT2D eigenvalue weighted by atomic mass is 16.6. The van der Waals surface area contributed by atoms with Gasteiger partial charge in [0.2, 0.25) is 5.91 Å². The molecular weight excluding hydrogens is 324 g/mol. The van der Waals surface area contributed by atoms with Crippen molar-refractivity contribution in [2.45, 2.75) is 38.6 Å². The number of ether oxygens (including phenoxy) is 2. The first kappa shape index (κ1) is 15.7. The predicted molar refractivity (Wildman–Crippen MR) is 85.4 cm³/mol. The molecule has 0 N–H and O–H groups in total. The van der Waals surface area contributed by atoms with Crippen molar-refractivity contribution in [2.24, 2.45) is 0 Å². The molecule has 1 amide bonds. The van der Waals surface area contributed by atoms with E-state index in [0.717, 1.165) is 11.3 Å². The largest absolute Gasteiger partial charge is 0.456 e. The Balaban J connectivity index is 1.51. The molecule has 1 unspecified atom stereocenters. The number of β-lactam (4-membered cyclic amide) rings is 1. The van der Waals surface area contributed by atoms with Crippen molar-refractivity contribution in [3.8, 4) is 0 Å². The van der Waals surface area contributed by atoms with E-state index in [-0.39, 0.29) is 30.8 Å². The minimum atomic E-state index is -0.511. The van der Waals surface area contributed by atoms with Gasteiger partial charge in [0.1, 0.15) is 12.3 Å². The minimum Gasteiger partial charge on any atom is -0.456 e. The van der Waals surface area contributed by atoms with Gasteiger partial charge in [-0.15, -0.1) is 0 Å². The second kappa shape index (κ2) is 5.91. The van der Waals surface area contributed by atoms with E-state index in [1.165, 1.54) is 11.8 Å². The third-order valence-electron chi connectivity index (χ3n) is 4.61. The van der Waals surface area contributed by atoms with Crippen molar-refractivity contribution in [1.82, 2.24) is 9.80 Å². The first-order valence-electron chi connectivity index (χ1n) is 8.24. The summed E-state index contributed by atoms with van der Waals surface area (Å²) < 4.78 is 10.6. The van der Waals surface area contributed by atoms with Crippen LogP contribution in [0, 0.1) is 0 Å². The van der Waals surface area contributed by atoms with Crippen molar-refractivity contribution >= 4 is 17.8 Å². The Bertz CT molecular complexity index is 773. The molecule has 0 radical (unpaired) electrons. The number of fused-ring (bicyclic) bond motifs is 1. The third-order valence-corrected chi connectivity index (χ3v) is 4.61. The molecule has 0 spiro atoms. The van der Waals surface area contributed by atoms with Crippen LogP contribution in [0.4, 0.5) is 0 Å². The maximum Gasteiger partial charge on any atom is 0.357 e. The van der Waals surface area contributed by atoms with Crippen LogP contribution >= 0.6 is 0 Å². The Labute approximate surface area is 144 Å². The zero-order valence-corrected chi connectivity index (χ0v) is 13.8. The van der Waals surface area contributed by atoms with Crippen molar-refractivity contribution in [3.63, 3.8) is 0 Å². The molecule has 0 saturated carbocycles. The van der Waals surface area contributed by atoms with E-state index in [4.69, 9.17) is 9.47 Å². The standard InChI is InChI=1S/C18H18N2O5/c1-11(21)25-16-9-19(16)14-7-13-8-15(22)20(13)17(14)18(23)24-10-12-5-3-2-4-6-12/h2-6,13,16H,7-10H2,1H3/t13-,16?,19?/m1/s1. The lowest BCUT2D eigenvalue weighted by atomic mass is 10.0. The molecule has 2 saturated heterocycles. The average molecular weight is 342 g/mol. The maximum absolute atomic E-state index is 12.6. The molecule has 7 heteroatoms. The Morgan fingerprint density at radius 2 is 1.96 bits per heavy atom. The van der Waals surface area contributed by atoms with Gasteiger partial charge in [-0.2, -0.15) is 0 Å². The van der Waals surface area contributed by atoms with Gasteiger partial charge in [-0.25, -0.2) is 4.79 Å². The van der Waals surface area contributed by atoms with Crippen LogP contribution in [0.15, 0.2) is 41.7 Å². The van der Waals surface area contributed by atoms with Gasteiger partial charge in [0.15, 0.2) is 6.23 Å². The summed E-state index contributed by atoms with van der Waals surface area (Å²) in [6.07, 6.45) is 0.683. The van der Waals surface area contributed by atoms with E-state index in [1.807, 2.05) is 35.2 Å². The van der Waals surface area contributed by atoms with Crippen LogP contribution in [0.25, 0.3) is 0 Å². The number of hydrogen-bond acceptors (Lipinski definition) is 6. The highest BCUT2D eigenvalue weighted by Crippen LogP contribution is 2.43. The predicted octanol–water partition coefficient (Wildman–Crippen LogP) is 1.15. The Hall–Kier alpha value is -2.83. The van der Waals surface area contributed by atoms with E-state index in [2.05, 4.69) is 0 Å². The molecule has 0 aromatic heterocycles. The molecule has 1 aromatic carbocycles. The van der Waals surface area contributed by atoms with Crippen molar-refractivity contribution in [1.29, 1.82) is 0 Å². The summed E-state index contributed by atoms with van der Waals surface area (Å²) in [4.78, 5) is 39.0. The van der Waals surface area contributed by atoms with Crippen LogP contribution in [-0.2, 0) is 30.5 Å². The third kappa shape index (κ3) is 2.86. The van der Waals surface area contributed by atoms with Crippen LogP contribution in [-0.4, -0.2) is 46.5 Å². The topological polar surface area (TPSA) is 75.9 Å². The van der Waals surface area contributed by atoms with E-state index in [0.29, 0.717) is 25.1 Å². The molecule has 1 aromatic rings. The number of carbonyl (C=O) groups excluding carboxylic acids is 3. The molecule has 0 aliphatic carbocycles. The molecule has 3 aliphatic heterocycles. The van der Waals surface area contributed by atoms with Crippen molar-refractivity contribution in [2.75, 3.05) is 6.54 Å². The summed E-state index contributed by atoms with van der Waals surface area (Å²) in [5.41, 5.74) is 1.92. The van der Waals surface area contributed by atoms with Crippen molar-refractivity contribution in [3.05, 3.63) is 47.3 Å². The number of benzene rings is 1. The Morgan fingerprint density at radius 1 is 1.20 bits per heavy atom. The highest BCUT2D eigenvalue weighted by molar-refractivity contribution is 5.99. The van der Waals surface area contributed by atoms with Crippen LogP contribution in [0.3, 0.4) is 0 Å². The van der Waals surface area contributed by atoms with E-state index in [9.17, 15) is 14.4 Å². The van der Waals surface area contributed by atoms with Gasteiger partial charge >= 0.3 is 11.9 Å². The van der Waals surface area contributed by atoms with Crippen LogP contribution in [0.1, 0.15) is 25.3 Å². The fourth-order valence-corrected chi connectivity index (χ4v) is 3.37. The first-order chi connectivity index (χ1) is 12.0. The molecule has 0 bridgehead atoms. The van der Waals surface area contributed by atoms with Gasteiger partial charge in [-0.05, 0) is 5.56 Å². The summed E-state index contributed by atoms with van der Waals surface area (Å²) in [6, 6.07) is 9.39. The van der Waals surface area contributed by atoms with Crippen LogP contribution in [0.5, 0.6) is 0 Å². The summed E-state index contributed by atoms with van der Waals surface area (Å²) in [6.45, 7) is 2.04. The van der Waals surface area contributed by atoms with Crippen LogP contribution < -0.4 is 0 Å². The monoisotopic (exact) mass is 342 g/mol. The summed E-state index contributed by atoms with van der Waals surface area (Å²) in [5, 5.41) is 0. The fraction of sp³-hybridized carbons (Fsp3) is 0.389. The zero-order chi connectivity index (χ0) is 17.6. The number of nitrogens with zero attached hydrogens (tertiary/aromatic N) is 2. The molecule has 2 atom stereocenters. The summed E-state index contributed by atoms with van der Waals surface area (Å²) >= 11 is 0. The van der Waals surface area contributed by atoms with Gasteiger partial charge in [0.25, 0.3) is 0 Å². The second-order valence-electron chi connectivity index (χ2n) is 6.40. The molecule has 25 heavy (non-hydrogen) atoms. The molecular formula is C18H18N2O5. The lowest BCUT2D eigenvalue weighted by Crippen LogP contribution is -2.49. The quantitative estimate of drug-likeness (QED) is 0.454. The molecule has 4 rings (SSSR count). The number of amides is 1. The smallest absolute Gasteiger partial charge is 0.357 e. The van der Waals surface area contributed by atoms with E-state index in [1.54, 1.807) is 0 Å². The molecule has 7 nitrogen and oxygen atoms in total. The van der Waals surface area contributed by atoms with Gasteiger partial charge in [0, 0.05) is 19.8 Å². The summed E-state index contributed by atoms with van der Waals surface area (Å²) in [5.74, 6) is -0.945. The summed E-state index contributed by atoms with van der Waals surface area (Å²) in [7, 11) is 0. The maximum atomic E-state index is 12.6. The van der Waals surface area contributed by atoms with E-state index < -0.39 is 5.97 Å². The Morgan fingerprint density at radius 3 is 2.64 bits per heavy atom. The minimum absolute atomic E-state index is 0.0142. The number of hydrogen-bond donors (Lipinski definition) is 0. The van der Waals surface area contributed by atoms with Crippen LogP contribution in [0.2, 0.25) is 0 Å². The lowest BCUT2D eigenvalue weighted by molar-refractivity contribution is -0.151. The molecule has 3 heterocycles. The number of esters is 2. The second-order valence-corrected chi connectivity index (χ2v) is 6.40. The van der Waals surface area contributed by atoms with E-state index >= 15 is 0 Å². The average Bonchev–Trinajstić information content (AvgIpc) is 3.25. The molecule has 3 aliphatic rings. The normalized spacial score (nSPS) is 24.0. The van der Waals surface area contributed by atoms with Gasteiger partial charge < -0.3 is 19.3 Å². The van der Waals surface area contributed by atoms with Crippen molar-refractivity contribution < 1.29 is 23.9 Å². The SMILES string of the molecule is CC(=O)OC1CN1C1=C(C(=O)OCc2ccccc2)N2C(=O)C[C@H]2C1. The van der Waals surface area contributed by atoms with Gasteiger partial charge in [-0.1, -0.05) is 30.3 Å². The van der Waals surface area contributed by atoms with Gasteiger partial charge in [0.05, 0.1) is 18.3 Å². The fourth-order valence-electron chi connectivity index (χ4n) is 3.37. The molecule has 2 fully saturated rings. The number of carbonyl (C=O) groups is 3. The van der Waals surface area contributed by atoms with Gasteiger partial charge in [-0.3, -0.25) is 9.59 Å². The lowest BCUT2D eigenvalue weighted by Gasteiger charge is -2.35. The number of rotatable bonds is 5. The first-order valence-corrected chi connectivity index (χ1v) is 8.24. The molecule has 130 valence electrons. The Kier molecular flexibility index (Phi) is 3.71.